The Bertz CT molecular complexity index is 583. The molecule has 0 aliphatic heterocycles. The topological polar surface area (TPSA) is 280 Å². The van der Waals surface area contributed by atoms with E-state index in [9.17, 15) is 4.79 Å². The highest BCUT2D eigenvalue weighted by Gasteiger charge is 2.30. The highest BCUT2D eigenvalue weighted by atomic mass is 16.4. The van der Waals surface area contributed by atoms with Crippen LogP contribution in [0.5, 0.6) is 0 Å². The van der Waals surface area contributed by atoms with E-state index in [4.69, 9.17) is 66.4 Å². The third kappa shape index (κ3) is 28.2. The minimum atomic E-state index is -1.67. The second kappa shape index (κ2) is 33.1. The number of aliphatic hydroxyl groups is 12. The molecule has 0 aromatic carbocycles. The molecule has 0 fully saturated rings. The zero-order chi connectivity index (χ0) is 34.3. The quantitative estimate of drug-likeness (QED) is 0.0416. The van der Waals surface area contributed by atoms with Crippen LogP contribution in [0.15, 0.2) is 12.2 Å². The minimum Gasteiger partial charge on any atom is -0.481 e. The van der Waals surface area contributed by atoms with Crippen molar-refractivity contribution in [1.29, 1.82) is 0 Å². The van der Waals surface area contributed by atoms with Crippen LogP contribution in [0.1, 0.15) is 96.8 Å². The number of aliphatic carboxylic acids is 1. The Morgan fingerprint density at radius 3 is 1.02 bits per heavy atom. The van der Waals surface area contributed by atoms with Crippen LogP contribution in [0.4, 0.5) is 0 Å². The zero-order valence-electron chi connectivity index (χ0n) is 26.2. The van der Waals surface area contributed by atoms with Crippen molar-refractivity contribution in [3.05, 3.63) is 12.2 Å². The summed E-state index contributed by atoms with van der Waals surface area (Å²) in [6, 6.07) is 0. The van der Waals surface area contributed by atoms with Crippen molar-refractivity contribution in [2.24, 2.45) is 0 Å². The van der Waals surface area contributed by atoms with E-state index in [2.05, 4.69) is 19.1 Å². The Morgan fingerprint density at radius 1 is 0.477 bits per heavy atom. The summed E-state index contributed by atoms with van der Waals surface area (Å²) in [6.07, 6.45) is 8.46. The maximum absolute atomic E-state index is 10.3. The van der Waals surface area contributed by atoms with Crippen LogP contribution in [0.2, 0.25) is 0 Å². The number of carboxylic acid groups (broad SMARTS) is 1. The lowest BCUT2D eigenvalue weighted by Gasteiger charge is -2.24. The van der Waals surface area contributed by atoms with E-state index in [0.717, 1.165) is 12.8 Å². The summed E-state index contributed by atoms with van der Waals surface area (Å²) >= 11 is 0. The van der Waals surface area contributed by atoms with Crippen molar-refractivity contribution in [2.45, 2.75) is 146 Å². The Hall–Kier alpha value is -1.27. The zero-order valence-corrected chi connectivity index (χ0v) is 26.2. The lowest BCUT2D eigenvalue weighted by atomic mass is 10.0. The second-order valence-electron chi connectivity index (χ2n) is 10.7. The van der Waals surface area contributed by atoms with Crippen LogP contribution in [-0.2, 0) is 4.79 Å². The molecule has 14 heteroatoms. The van der Waals surface area contributed by atoms with Crippen molar-refractivity contribution in [2.75, 3.05) is 26.4 Å². The molecule has 0 amide bonds. The summed E-state index contributed by atoms with van der Waals surface area (Å²) in [4.78, 5) is 10.3. The van der Waals surface area contributed by atoms with Gasteiger partial charge in [-0.3, -0.25) is 4.79 Å². The van der Waals surface area contributed by atoms with Crippen molar-refractivity contribution < 1.29 is 71.2 Å². The van der Waals surface area contributed by atoms with Gasteiger partial charge in [0.05, 0.1) is 26.4 Å². The van der Waals surface area contributed by atoms with Gasteiger partial charge in [-0.1, -0.05) is 70.4 Å². The van der Waals surface area contributed by atoms with Crippen molar-refractivity contribution in [3.8, 4) is 0 Å². The standard InChI is InChI=1S/C18H34O2.2C6H14O6/c1-2-3-4-5-6-7-8-9-10-11-12-13-14-15-16-17-18(19)20;2*7-1-3(9)5(11)6(12)4(10)2-8/h9-10H,2-8,11-17H2,1H3,(H,19,20);2*3-12H,1-2H2/b10-9-;;/t;2*3-,4+,5-,6-/m.11/s1. The molecule has 0 radical (unpaired) electrons. The maximum Gasteiger partial charge on any atom is 0.303 e. The van der Waals surface area contributed by atoms with Gasteiger partial charge in [-0.15, -0.1) is 0 Å². The van der Waals surface area contributed by atoms with Gasteiger partial charge in [0.25, 0.3) is 0 Å². The fourth-order valence-corrected chi connectivity index (χ4v) is 3.69. The predicted octanol–water partition coefficient (Wildman–Crippen LogP) is -1.06. The molecule has 0 aliphatic carbocycles. The first-order valence-corrected chi connectivity index (χ1v) is 15.6. The fourth-order valence-electron chi connectivity index (χ4n) is 3.69. The highest BCUT2D eigenvalue weighted by molar-refractivity contribution is 5.66. The number of unbranched alkanes of at least 4 members (excludes halogenated alkanes) is 11. The van der Waals surface area contributed by atoms with E-state index < -0.39 is 81.2 Å². The smallest absolute Gasteiger partial charge is 0.303 e. The number of rotatable bonds is 25. The minimum absolute atomic E-state index is 0.332. The molecular formula is C30H62O14. The van der Waals surface area contributed by atoms with E-state index in [-0.39, 0.29) is 0 Å². The van der Waals surface area contributed by atoms with Crippen LogP contribution in [0, 0.1) is 0 Å². The summed E-state index contributed by atoms with van der Waals surface area (Å²) in [7, 11) is 0. The summed E-state index contributed by atoms with van der Waals surface area (Å²) in [5, 5.41) is 113. The number of aliphatic hydroxyl groups excluding tert-OH is 12. The molecule has 0 saturated carbocycles. The first-order chi connectivity index (χ1) is 20.9. The number of hydrogen-bond donors (Lipinski definition) is 13. The molecule has 0 aliphatic rings. The third-order valence-electron chi connectivity index (χ3n) is 6.68. The average molecular weight is 647 g/mol. The van der Waals surface area contributed by atoms with Crippen LogP contribution < -0.4 is 0 Å². The molecule has 14 nitrogen and oxygen atoms in total. The van der Waals surface area contributed by atoms with Gasteiger partial charge in [-0.2, -0.15) is 0 Å². The van der Waals surface area contributed by atoms with Crippen molar-refractivity contribution in [3.63, 3.8) is 0 Å². The van der Waals surface area contributed by atoms with E-state index in [0.29, 0.717) is 6.42 Å². The van der Waals surface area contributed by atoms with Crippen LogP contribution in [0.25, 0.3) is 0 Å². The average Bonchev–Trinajstić information content (AvgIpc) is 3.03. The summed E-state index contributed by atoms with van der Waals surface area (Å²) in [5.74, 6) is -0.664. The lowest BCUT2D eigenvalue weighted by Crippen LogP contribution is -2.46. The Balaban J connectivity index is -0.000000606. The molecule has 0 rings (SSSR count). The van der Waals surface area contributed by atoms with Gasteiger partial charge < -0.3 is 66.4 Å². The molecule has 0 bridgehead atoms. The van der Waals surface area contributed by atoms with Crippen LogP contribution in [-0.4, -0.2) is 148 Å². The molecule has 13 N–H and O–H groups in total. The highest BCUT2D eigenvalue weighted by Crippen LogP contribution is 2.10. The molecule has 0 aromatic rings. The SMILES string of the molecule is CCCCCCCC/C=C\CCCCCCCC(=O)O.OC[C@@H](O)[C@@H](O)[C@H](O)[C@@H](O)CO.OC[C@@H](O)[C@@H](O)[C@H](O)[C@@H](O)CO. The van der Waals surface area contributed by atoms with Gasteiger partial charge in [0.15, 0.2) is 0 Å². The van der Waals surface area contributed by atoms with E-state index in [1.807, 2.05) is 0 Å². The third-order valence-corrected chi connectivity index (χ3v) is 6.68. The first-order valence-electron chi connectivity index (χ1n) is 15.6. The Kier molecular flexibility index (Phi) is 35.5. The molecule has 266 valence electrons. The maximum atomic E-state index is 10.3. The summed E-state index contributed by atoms with van der Waals surface area (Å²) in [5.41, 5.74) is 0. The molecule has 8 atom stereocenters. The Labute approximate surface area is 261 Å². The number of carbonyl (C=O) groups is 1. The molecule has 0 spiro atoms. The molecule has 0 aromatic heterocycles. The van der Waals surface area contributed by atoms with E-state index in [1.165, 1.54) is 70.6 Å². The molecule has 0 saturated heterocycles. The Morgan fingerprint density at radius 2 is 0.750 bits per heavy atom. The molecule has 0 heterocycles. The van der Waals surface area contributed by atoms with Gasteiger partial charge in [0.1, 0.15) is 48.8 Å². The molecular weight excluding hydrogens is 584 g/mol. The van der Waals surface area contributed by atoms with Crippen LogP contribution in [0.3, 0.4) is 0 Å². The van der Waals surface area contributed by atoms with E-state index in [1.54, 1.807) is 0 Å². The first kappa shape index (κ1) is 47.1. The second-order valence-corrected chi connectivity index (χ2v) is 10.7. The molecule has 0 unspecified atom stereocenters. The van der Waals surface area contributed by atoms with Gasteiger partial charge in [0, 0.05) is 6.42 Å². The van der Waals surface area contributed by atoms with Crippen molar-refractivity contribution in [1.82, 2.24) is 0 Å². The lowest BCUT2D eigenvalue weighted by molar-refractivity contribution is -0.137. The van der Waals surface area contributed by atoms with Crippen molar-refractivity contribution >= 4 is 5.97 Å². The largest absolute Gasteiger partial charge is 0.481 e. The number of hydrogen-bond acceptors (Lipinski definition) is 13. The summed E-state index contributed by atoms with van der Waals surface area (Å²) < 4.78 is 0. The van der Waals surface area contributed by atoms with E-state index >= 15 is 0 Å². The fraction of sp³-hybridized carbons (Fsp3) is 0.900. The monoisotopic (exact) mass is 646 g/mol. The molecule has 44 heavy (non-hydrogen) atoms. The van der Waals surface area contributed by atoms with Gasteiger partial charge in [0.2, 0.25) is 0 Å². The van der Waals surface area contributed by atoms with Crippen LogP contribution >= 0.6 is 0 Å². The number of carboxylic acids is 1. The summed E-state index contributed by atoms with van der Waals surface area (Å²) in [6.45, 7) is -0.644. The van der Waals surface area contributed by atoms with Gasteiger partial charge >= 0.3 is 5.97 Å². The van der Waals surface area contributed by atoms with Gasteiger partial charge in [-0.25, -0.2) is 0 Å². The van der Waals surface area contributed by atoms with Gasteiger partial charge in [-0.05, 0) is 32.1 Å². The predicted molar refractivity (Wildman–Crippen MR) is 163 cm³/mol. The normalized spacial score (nSPS) is 16.8. The number of allylic oxidation sites excluding steroid dienone is 2.